The molecule has 0 aliphatic carbocycles. The van der Waals surface area contributed by atoms with Crippen molar-refractivity contribution in [3.05, 3.63) is 83.9 Å². The summed E-state index contributed by atoms with van der Waals surface area (Å²) in [5.41, 5.74) is 3.25. The van der Waals surface area contributed by atoms with E-state index in [1.165, 1.54) is 0 Å². The first kappa shape index (κ1) is 16.7. The molecule has 0 amide bonds. The summed E-state index contributed by atoms with van der Waals surface area (Å²) in [6.45, 7) is 0. The molecular weight excluding hydrogens is 368 g/mol. The van der Waals surface area contributed by atoms with E-state index in [4.69, 9.17) is 11.6 Å². The fraction of sp³-hybridized carbons (Fsp3) is 0. The van der Waals surface area contributed by atoms with Gasteiger partial charge >= 0.3 is 0 Å². The summed E-state index contributed by atoms with van der Waals surface area (Å²) < 4.78 is 27.6. The number of sulfonamides is 1. The van der Waals surface area contributed by atoms with Crippen LogP contribution in [0.3, 0.4) is 0 Å². The Morgan fingerprint density at radius 3 is 2.46 bits per heavy atom. The molecule has 0 aliphatic rings. The zero-order chi connectivity index (χ0) is 18.1. The predicted octanol–water partition coefficient (Wildman–Crippen LogP) is 5.29. The summed E-state index contributed by atoms with van der Waals surface area (Å²) in [6, 6.07) is 23.2. The van der Waals surface area contributed by atoms with Crippen LogP contribution in [-0.4, -0.2) is 13.4 Å². The highest BCUT2D eigenvalue weighted by molar-refractivity contribution is 7.92. The van der Waals surface area contributed by atoms with Crippen LogP contribution >= 0.6 is 11.6 Å². The Morgan fingerprint density at radius 1 is 0.846 bits per heavy atom. The maximum atomic E-state index is 12.5. The topological polar surface area (TPSA) is 62.0 Å². The first-order valence-electron chi connectivity index (χ1n) is 7.98. The first-order valence-corrected chi connectivity index (χ1v) is 9.84. The number of fused-ring (bicyclic) bond motifs is 1. The van der Waals surface area contributed by atoms with E-state index in [-0.39, 0.29) is 4.90 Å². The van der Waals surface area contributed by atoms with Gasteiger partial charge < -0.3 is 4.98 Å². The van der Waals surface area contributed by atoms with E-state index in [9.17, 15) is 8.42 Å². The lowest BCUT2D eigenvalue weighted by molar-refractivity contribution is 0.601. The molecule has 0 aliphatic heterocycles. The van der Waals surface area contributed by atoms with Crippen LogP contribution in [0.4, 0.5) is 5.69 Å². The number of rotatable bonds is 4. The van der Waals surface area contributed by atoms with Crippen LogP contribution in [-0.2, 0) is 10.0 Å². The van der Waals surface area contributed by atoms with Gasteiger partial charge in [0.15, 0.2) is 0 Å². The minimum absolute atomic E-state index is 0.227. The van der Waals surface area contributed by atoms with Gasteiger partial charge in [-0.15, -0.1) is 0 Å². The SMILES string of the molecule is O=S(=O)(Nc1cccc(-c2cc3cc(Cl)ccc3[nH]2)c1)c1ccccc1. The summed E-state index contributed by atoms with van der Waals surface area (Å²) in [5, 5.41) is 1.68. The van der Waals surface area contributed by atoms with Crippen LogP contribution in [0.15, 0.2) is 83.8 Å². The lowest BCUT2D eigenvalue weighted by Gasteiger charge is -2.09. The average Bonchev–Trinajstić information content (AvgIpc) is 3.05. The lowest BCUT2D eigenvalue weighted by Crippen LogP contribution is -2.12. The van der Waals surface area contributed by atoms with E-state index < -0.39 is 10.0 Å². The Hall–Kier alpha value is -2.76. The van der Waals surface area contributed by atoms with E-state index in [0.29, 0.717) is 10.7 Å². The van der Waals surface area contributed by atoms with Gasteiger partial charge in [0.25, 0.3) is 10.0 Å². The first-order chi connectivity index (χ1) is 12.5. The van der Waals surface area contributed by atoms with Gasteiger partial charge in [-0.3, -0.25) is 4.72 Å². The van der Waals surface area contributed by atoms with Crippen molar-refractivity contribution in [2.75, 3.05) is 4.72 Å². The highest BCUT2D eigenvalue weighted by Crippen LogP contribution is 2.28. The Balaban J connectivity index is 1.68. The van der Waals surface area contributed by atoms with Gasteiger partial charge in [-0.05, 0) is 48.5 Å². The third kappa shape index (κ3) is 3.31. The number of hydrogen-bond acceptors (Lipinski definition) is 2. The molecule has 1 aromatic heterocycles. The smallest absolute Gasteiger partial charge is 0.261 e. The van der Waals surface area contributed by atoms with E-state index in [1.807, 2.05) is 36.4 Å². The second-order valence-corrected chi connectivity index (χ2v) is 8.03. The van der Waals surface area contributed by atoms with Crippen LogP contribution in [0.5, 0.6) is 0 Å². The van der Waals surface area contributed by atoms with Crippen LogP contribution in [0, 0.1) is 0 Å². The monoisotopic (exact) mass is 382 g/mol. The minimum atomic E-state index is -3.62. The number of benzene rings is 3. The van der Waals surface area contributed by atoms with Crippen molar-refractivity contribution in [1.82, 2.24) is 4.98 Å². The van der Waals surface area contributed by atoms with Gasteiger partial charge in [-0.25, -0.2) is 8.42 Å². The van der Waals surface area contributed by atoms with Crippen LogP contribution in [0.25, 0.3) is 22.2 Å². The van der Waals surface area contributed by atoms with Gasteiger partial charge in [-0.1, -0.05) is 41.9 Å². The number of H-pyrrole nitrogens is 1. The fourth-order valence-corrected chi connectivity index (χ4v) is 4.07. The zero-order valence-corrected chi connectivity index (χ0v) is 15.2. The number of aromatic nitrogens is 1. The quantitative estimate of drug-likeness (QED) is 0.503. The fourth-order valence-electron chi connectivity index (χ4n) is 2.82. The number of nitrogens with one attached hydrogen (secondary N) is 2. The second kappa shape index (κ2) is 6.52. The molecule has 0 bridgehead atoms. The van der Waals surface area contributed by atoms with Gasteiger partial charge in [-0.2, -0.15) is 0 Å². The third-order valence-corrected chi connectivity index (χ3v) is 5.69. The summed E-state index contributed by atoms with van der Waals surface area (Å²) in [5.74, 6) is 0. The normalized spacial score (nSPS) is 11.6. The van der Waals surface area contributed by atoms with Crippen molar-refractivity contribution in [3.63, 3.8) is 0 Å². The molecule has 4 aromatic rings. The molecule has 1 heterocycles. The van der Waals surface area contributed by atoms with Crippen molar-refractivity contribution in [1.29, 1.82) is 0 Å². The van der Waals surface area contributed by atoms with E-state index in [0.717, 1.165) is 22.2 Å². The largest absolute Gasteiger partial charge is 0.355 e. The van der Waals surface area contributed by atoms with Crippen LogP contribution < -0.4 is 4.72 Å². The van der Waals surface area contributed by atoms with Crippen LogP contribution in [0.1, 0.15) is 0 Å². The molecule has 4 nitrogen and oxygen atoms in total. The molecule has 0 unspecified atom stereocenters. The lowest BCUT2D eigenvalue weighted by atomic mass is 10.1. The number of anilines is 1. The maximum Gasteiger partial charge on any atom is 0.261 e. The molecule has 0 atom stereocenters. The van der Waals surface area contributed by atoms with Crippen molar-refractivity contribution < 1.29 is 8.42 Å². The van der Waals surface area contributed by atoms with E-state index >= 15 is 0 Å². The van der Waals surface area contributed by atoms with Crippen molar-refractivity contribution in [2.24, 2.45) is 0 Å². The Bertz CT molecular complexity index is 1180. The van der Waals surface area contributed by atoms with Crippen molar-refractivity contribution in [2.45, 2.75) is 4.90 Å². The molecule has 6 heteroatoms. The van der Waals surface area contributed by atoms with E-state index in [2.05, 4.69) is 9.71 Å². The van der Waals surface area contributed by atoms with Gasteiger partial charge in [0.2, 0.25) is 0 Å². The number of halogens is 1. The number of aromatic amines is 1. The van der Waals surface area contributed by atoms with Crippen LogP contribution in [0.2, 0.25) is 5.02 Å². The minimum Gasteiger partial charge on any atom is -0.355 e. The predicted molar refractivity (Wildman–Crippen MR) is 106 cm³/mol. The highest BCUT2D eigenvalue weighted by Gasteiger charge is 2.14. The summed E-state index contributed by atoms with van der Waals surface area (Å²) >= 11 is 6.04. The molecule has 0 fully saturated rings. The number of hydrogen-bond donors (Lipinski definition) is 2. The molecule has 4 rings (SSSR count). The molecule has 130 valence electrons. The highest BCUT2D eigenvalue weighted by atomic mass is 35.5. The Labute approximate surface area is 156 Å². The molecule has 0 saturated carbocycles. The van der Waals surface area contributed by atoms with E-state index in [1.54, 1.807) is 42.5 Å². The van der Waals surface area contributed by atoms with Crippen molar-refractivity contribution >= 4 is 38.2 Å². The zero-order valence-electron chi connectivity index (χ0n) is 13.6. The molecule has 26 heavy (non-hydrogen) atoms. The molecule has 0 spiro atoms. The summed E-state index contributed by atoms with van der Waals surface area (Å²) in [4.78, 5) is 3.55. The Kier molecular flexibility index (Phi) is 4.18. The maximum absolute atomic E-state index is 12.5. The second-order valence-electron chi connectivity index (χ2n) is 5.91. The summed E-state index contributed by atoms with van der Waals surface area (Å²) in [7, 11) is -3.62. The van der Waals surface area contributed by atoms with Gasteiger partial charge in [0.05, 0.1) is 4.90 Å². The molecule has 3 aromatic carbocycles. The summed E-state index contributed by atoms with van der Waals surface area (Å²) in [6.07, 6.45) is 0. The van der Waals surface area contributed by atoms with Crippen molar-refractivity contribution in [3.8, 4) is 11.3 Å². The van der Waals surface area contributed by atoms with Gasteiger partial charge in [0, 0.05) is 32.9 Å². The molecule has 0 saturated heterocycles. The third-order valence-electron chi connectivity index (χ3n) is 4.06. The molecule has 2 N–H and O–H groups in total. The Morgan fingerprint density at radius 2 is 1.65 bits per heavy atom. The molecule has 0 radical (unpaired) electrons. The molecular formula is C20H15ClN2O2S. The van der Waals surface area contributed by atoms with Gasteiger partial charge in [0.1, 0.15) is 0 Å². The standard InChI is InChI=1S/C20H15ClN2O2S/c21-16-9-10-19-15(11-16)13-20(22-19)14-5-4-6-17(12-14)23-26(24,25)18-7-2-1-3-8-18/h1-13,22-23H. The average molecular weight is 383 g/mol.